The number of benzene rings is 2. The lowest BCUT2D eigenvalue weighted by Crippen LogP contribution is -2.45. The van der Waals surface area contributed by atoms with Crippen LogP contribution in [0.4, 0.5) is 0 Å². The van der Waals surface area contributed by atoms with Crippen molar-refractivity contribution < 1.29 is 27.5 Å². The van der Waals surface area contributed by atoms with Crippen molar-refractivity contribution in [1.29, 1.82) is 0 Å². The van der Waals surface area contributed by atoms with E-state index in [0.717, 1.165) is 5.56 Å². The molecule has 2 aromatic carbocycles. The quantitative estimate of drug-likeness (QED) is 0.798. The molecule has 0 aliphatic carbocycles. The summed E-state index contributed by atoms with van der Waals surface area (Å²) in [6.45, 7) is 3.22. The molecule has 0 aromatic heterocycles. The summed E-state index contributed by atoms with van der Waals surface area (Å²) in [5.74, 6) is -0.0429. The first-order valence-electron chi connectivity index (χ1n) is 9.45. The minimum absolute atomic E-state index is 0.0764. The zero-order chi connectivity index (χ0) is 21.7. The molecule has 0 saturated heterocycles. The Bertz CT molecular complexity index is 1140. The van der Waals surface area contributed by atoms with E-state index in [1.807, 2.05) is 19.9 Å². The molecule has 1 N–H and O–H groups in total. The maximum absolute atomic E-state index is 12.8. The summed E-state index contributed by atoms with van der Waals surface area (Å²) in [6.07, 6.45) is 0.485. The van der Waals surface area contributed by atoms with Gasteiger partial charge in [0.15, 0.2) is 0 Å². The van der Waals surface area contributed by atoms with Crippen LogP contribution < -0.4 is 14.8 Å². The number of amides is 2. The Hall–Kier alpha value is -3.07. The van der Waals surface area contributed by atoms with E-state index in [0.29, 0.717) is 22.2 Å². The molecule has 0 spiro atoms. The van der Waals surface area contributed by atoms with Gasteiger partial charge in [0.1, 0.15) is 28.5 Å². The van der Waals surface area contributed by atoms with Crippen LogP contribution in [0.3, 0.4) is 0 Å². The van der Waals surface area contributed by atoms with Gasteiger partial charge in [-0.15, -0.1) is 0 Å². The molecule has 158 valence electrons. The van der Waals surface area contributed by atoms with Gasteiger partial charge in [-0.1, -0.05) is 12.1 Å². The highest BCUT2D eigenvalue weighted by Gasteiger charge is 2.42. The Balaban J connectivity index is 1.56. The summed E-state index contributed by atoms with van der Waals surface area (Å²) in [4.78, 5) is 25.2. The number of carbonyl (C=O) groups is 2. The van der Waals surface area contributed by atoms with Crippen LogP contribution >= 0.6 is 0 Å². The first kappa shape index (κ1) is 20.2. The van der Waals surface area contributed by atoms with E-state index in [2.05, 4.69) is 5.32 Å². The lowest BCUT2D eigenvalue weighted by Gasteiger charge is -2.38. The average Bonchev–Trinajstić information content (AvgIpc) is 2.87. The fraction of sp³-hybridized carbons (Fsp3) is 0.333. The lowest BCUT2D eigenvalue weighted by atomic mass is 9.89. The Labute approximate surface area is 174 Å². The first-order valence-corrected chi connectivity index (χ1v) is 10.9. The first-order chi connectivity index (χ1) is 14.1. The van der Waals surface area contributed by atoms with E-state index < -0.39 is 40.0 Å². The molecular weight excluding hydrogens is 408 g/mol. The summed E-state index contributed by atoms with van der Waals surface area (Å²) < 4.78 is 37.2. The number of methoxy groups -OCH3 is 1. The molecule has 0 fully saturated rings. The van der Waals surface area contributed by atoms with Gasteiger partial charge in [-0.3, -0.25) is 9.59 Å². The molecule has 0 radical (unpaired) electrons. The summed E-state index contributed by atoms with van der Waals surface area (Å²) in [5.41, 5.74) is 0.292. The zero-order valence-electron chi connectivity index (χ0n) is 16.8. The molecular formula is C21H22N2O6S. The lowest BCUT2D eigenvalue weighted by molar-refractivity contribution is -0.122. The van der Waals surface area contributed by atoms with Gasteiger partial charge < -0.3 is 14.8 Å². The Kier molecular flexibility index (Phi) is 4.73. The second-order valence-electron chi connectivity index (χ2n) is 7.90. The molecule has 2 amide bonds. The van der Waals surface area contributed by atoms with Crippen molar-refractivity contribution in [1.82, 2.24) is 9.62 Å². The summed E-state index contributed by atoms with van der Waals surface area (Å²) in [7, 11) is -2.49. The molecule has 2 aromatic rings. The van der Waals surface area contributed by atoms with Crippen LogP contribution in [0.5, 0.6) is 11.5 Å². The largest absolute Gasteiger partial charge is 0.497 e. The van der Waals surface area contributed by atoms with Crippen LogP contribution in [-0.4, -0.2) is 43.8 Å². The van der Waals surface area contributed by atoms with Crippen molar-refractivity contribution in [3.05, 3.63) is 53.6 Å². The molecule has 0 saturated carbocycles. The van der Waals surface area contributed by atoms with Gasteiger partial charge in [0.05, 0.1) is 18.7 Å². The van der Waals surface area contributed by atoms with Crippen LogP contribution in [0.15, 0.2) is 47.4 Å². The Morgan fingerprint density at radius 1 is 1.27 bits per heavy atom. The van der Waals surface area contributed by atoms with Crippen molar-refractivity contribution in [3.63, 3.8) is 0 Å². The predicted octanol–water partition coefficient (Wildman–Crippen LogP) is 2.26. The molecule has 1 atom stereocenters. The third-order valence-corrected chi connectivity index (χ3v) is 7.00. The summed E-state index contributed by atoms with van der Waals surface area (Å²) in [5, 5.41) is 2.86. The molecule has 2 aliphatic heterocycles. The van der Waals surface area contributed by atoms with E-state index in [1.54, 1.807) is 31.4 Å². The van der Waals surface area contributed by atoms with Gasteiger partial charge in [0.2, 0.25) is 5.91 Å². The highest BCUT2D eigenvalue weighted by Crippen LogP contribution is 2.41. The number of fused-ring (bicyclic) bond motifs is 2. The van der Waals surface area contributed by atoms with Crippen molar-refractivity contribution in [2.24, 2.45) is 0 Å². The summed E-state index contributed by atoms with van der Waals surface area (Å²) >= 11 is 0. The van der Waals surface area contributed by atoms with E-state index >= 15 is 0 Å². The zero-order valence-corrected chi connectivity index (χ0v) is 17.7. The van der Waals surface area contributed by atoms with Gasteiger partial charge in [-0.25, -0.2) is 12.7 Å². The topological polar surface area (TPSA) is 102 Å². The molecule has 2 heterocycles. The van der Waals surface area contributed by atoms with Gasteiger partial charge >= 0.3 is 0 Å². The number of carbonyl (C=O) groups excluding carboxylic acids is 2. The average molecular weight is 430 g/mol. The van der Waals surface area contributed by atoms with Gasteiger partial charge in [0.25, 0.3) is 15.9 Å². The Morgan fingerprint density at radius 2 is 2.00 bits per heavy atom. The molecule has 30 heavy (non-hydrogen) atoms. The van der Waals surface area contributed by atoms with E-state index in [9.17, 15) is 18.0 Å². The van der Waals surface area contributed by atoms with Crippen LogP contribution in [0, 0.1) is 0 Å². The van der Waals surface area contributed by atoms with Crippen molar-refractivity contribution in [2.45, 2.75) is 36.8 Å². The highest BCUT2D eigenvalue weighted by atomic mass is 32.2. The molecule has 0 bridgehead atoms. The molecule has 8 nitrogen and oxygen atoms in total. The standard InChI is InChI=1S/C21H22N2O6S/c1-21(2)11-16(14-9-8-13(28-3)10-17(14)29-21)22-19(24)12-23-20(25)15-6-4-5-7-18(15)30(23,26)27/h4-10,16H,11-12H2,1-3H3,(H,22,24). The smallest absolute Gasteiger partial charge is 0.269 e. The van der Waals surface area contributed by atoms with Crippen LogP contribution in [-0.2, 0) is 14.8 Å². The van der Waals surface area contributed by atoms with Crippen LogP contribution in [0.1, 0.15) is 42.2 Å². The van der Waals surface area contributed by atoms with E-state index in [1.165, 1.54) is 12.1 Å². The van der Waals surface area contributed by atoms with E-state index in [-0.39, 0.29) is 10.5 Å². The molecule has 1 unspecified atom stereocenters. The summed E-state index contributed by atoms with van der Waals surface area (Å²) in [6, 6.07) is 10.9. The third kappa shape index (κ3) is 3.39. The molecule has 4 rings (SSSR count). The van der Waals surface area contributed by atoms with Crippen molar-refractivity contribution in [2.75, 3.05) is 13.7 Å². The van der Waals surface area contributed by atoms with Crippen molar-refractivity contribution >= 4 is 21.8 Å². The monoisotopic (exact) mass is 430 g/mol. The van der Waals surface area contributed by atoms with Gasteiger partial charge in [-0.05, 0) is 38.1 Å². The maximum atomic E-state index is 12.8. The molecule has 2 aliphatic rings. The molecule has 9 heteroatoms. The highest BCUT2D eigenvalue weighted by molar-refractivity contribution is 7.90. The Morgan fingerprint density at radius 3 is 2.70 bits per heavy atom. The van der Waals surface area contributed by atoms with Crippen LogP contribution in [0.25, 0.3) is 0 Å². The van der Waals surface area contributed by atoms with Crippen molar-refractivity contribution in [3.8, 4) is 11.5 Å². The number of sulfonamides is 1. The fourth-order valence-electron chi connectivity index (χ4n) is 3.85. The third-order valence-electron chi connectivity index (χ3n) is 5.21. The number of nitrogens with zero attached hydrogens (tertiary/aromatic N) is 1. The normalized spacial score (nSPS) is 20.7. The number of rotatable bonds is 4. The number of hydrogen-bond donors (Lipinski definition) is 1. The van der Waals surface area contributed by atoms with E-state index in [4.69, 9.17) is 9.47 Å². The predicted molar refractivity (Wildman–Crippen MR) is 108 cm³/mol. The van der Waals surface area contributed by atoms with Gasteiger partial charge in [0, 0.05) is 18.1 Å². The number of ether oxygens (including phenoxy) is 2. The minimum Gasteiger partial charge on any atom is -0.497 e. The minimum atomic E-state index is -4.04. The van der Waals surface area contributed by atoms with Gasteiger partial charge in [-0.2, -0.15) is 0 Å². The second kappa shape index (κ2) is 7.02. The van der Waals surface area contributed by atoms with Crippen LogP contribution in [0.2, 0.25) is 0 Å². The number of hydrogen-bond acceptors (Lipinski definition) is 6. The number of nitrogens with one attached hydrogen (secondary N) is 1. The SMILES string of the molecule is COc1ccc2c(c1)OC(C)(C)CC2NC(=O)CN1C(=O)c2ccccc2S1(=O)=O. The fourth-order valence-corrected chi connectivity index (χ4v) is 5.37. The second-order valence-corrected chi connectivity index (χ2v) is 9.73. The maximum Gasteiger partial charge on any atom is 0.269 e.